The van der Waals surface area contributed by atoms with Gasteiger partial charge in [0.25, 0.3) is 5.91 Å². The molecule has 2 atom stereocenters. The minimum Gasteiger partial charge on any atom is -0.486 e. The predicted octanol–water partition coefficient (Wildman–Crippen LogP) is 4.81. The number of nitrogens with zero attached hydrogens (tertiary/aromatic N) is 3. The van der Waals surface area contributed by atoms with Crippen molar-refractivity contribution in [1.29, 1.82) is 0 Å². The van der Waals surface area contributed by atoms with E-state index in [0.717, 1.165) is 17.7 Å². The second-order valence-electron chi connectivity index (χ2n) is 8.64. The molecule has 3 heterocycles. The molecule has 0 bridgehead atoms. The predicted molar refractivity (Wildman–Crippen MR) is 118 cm³/mol. The van der Waals surface area contributed by atoms with Crippen molar-refractivity contribution in [1.82, 2.24) is 14.7 Å². The molecule has 9 heteroatoms. The summed E-state index contributed by atoms with van der Waals surface area (Å²) >= 11 is 0. The lowest BCUT2D eigenvalue weighted by atomic mass is 9.89. The number of halogens is 3. The molecule has 2 aliphatic heterocycles. The largest absolute Gasteiger partial charge is 0.486 e. The van der Waals surface area contributed by atoms with E-state index in [2.05, 4.69) is 5.10 Å². The van der Waals surface area contributed by atoms with Gasteiger partial charge in [-0.1, -0.05) is 6.92 Å². The van der Waals surface area contributed by atoms with E-state index < -0.39 is 17.5 Å². The summed E-state index contributed by atoms with van der Waals surface area (Å²) in [5.41, 5.74) is 2.69. The minimum absolute atomic E-state index is 0.159. The lowest BCUT2D eigenvalue weighted by molar-refractivity contribution is 0.0543. The van der Waals surface area contributed by atoms with Crippen LogP contribution in [0.15, 0.2) is 30.3 Å². The molecule has 2 aromatic carbocycles. The van der Waals surface area contributed by atoms with Crippen LogP contribution in [0.25, 0.3) is 11.3 Å². The summed E-state index contributed by atoms with van der Waals surface area (Å²) in [4.78, 5) is 15.4. The molecule has 0 radical (unpaired) electrons. The number of hydrogen-bond acceptors (Lipinski definition) is 4. The molecule has 0 spiro atoms. The Balaban J connectivity index is 1.55. The van der Waals surface area contributed by atoms with E-state index >= 15 is 0 Å². The first-order valence-corrected chi connectivity index (χ1v) is 11.2. The van der Waals surface area contributed by atoms with Crippen molar-refractivity contribution in [3.8, 4) is 22.8 Å². The van der Waals surface area contributed by atoms with E-state index in [1.165, 1.54) is 0 Å². The standard InChI is InChI=1S/C25H24F3N3O3/c1-4-19-23-16(24(30(3)29-23)15-10-17(26)22(28)18(27)11-15)9-13(2)31(19)25(32)14-5-6-20-21(12-14)34-8-7-33-20/h5-6,10-13,19H,4,7-9H2,1-3H3. The van der Waals surface area contributed by atoms with Crippen LogP contribution in [-0.2, 0) is 13.5 Å². The van der Waals surface area contributed by atoms with Crippen molar-refractivity contribution >= 4 is 5.91 Å². The summed E-state index contributed by atoms with van der Waals surface area (Å²) in [7, 11) is 1.68. The van der Waals surface area contributed by atoms with Crippen LogP contribution in [0.3, 0.4) is 0 Å². The Bertz CT molecular complexity index is 1270. The number of benzene rings is 2. The second-order valence-corrected chi connectivity index (χ2v) is 8.64. The number of rotatable bonds is 3. The Hall–Kier alpha value is -3.49. The molecule has 0 saturated heterocycles. The zero-order chi connectivity index (χ0) is 24.1. The number of carbonyl (C=O) groups is 1. The number of ether oxygens (including phenoxy) is 2. The smallest absolute Gasteiger partial charge is 0.254 e. The highest BCUT2D eigenvalue weighted by Gasteiger charge is 2.39. The highest BCUT2D eigenvalue weighted by molar-refractivity contribution is 5.95. The van der Waals surface area contributed by atoms with E-state index in [-0.39, 0.29) is 23.6 Å². The van der Waals surface area contributed by atoms with Crippen LogP contribution in [0.4, 0.5) is 13.2 Å². The molecule has 1 aromatic heterocycles. The van der Waals surface area contributed by atoms with Gasteiger partial charge in [0.15, 0.2) is 29.0 Å². The van der Waals surface area contributed by atoms with E-state index in [1.54, 1.807) is 34.8 Å². The third kappa shape index (κ3) is 3.50. The van der Waals surface area contributed by atoms with Crippen molar-refractivity contribution in [3.63, 3.8) is 0 Å². The summed E-state index contributed by atoms with van der Waals surface area (Å²) in [6.07, 6.45) is 1.03. The molecule has 0 aliphatic carbocycles. The number of fused-ring (bicyclic) bond motifs is 2. The van der Waals surface area contributed by atoms with Crippen molar-refractivity contribution in [2.45, 2.75) is 38.8 Å². The molecule has 2 unspecified atom stereocenters. The van der Waals surface area contributed by atoms with Gasteiger partial charge in [0.2, 0.25) is 0 Å². The topological polar surface area (TPSA) is 56.6 Å². The summed E-state index contributed by atoms with van der Waals surface area (Å²) in [6.45, 7) is 4.79. The van der Waals surface area contributed by atoms with Gasteiger partial charge in [-0.2, -0.15) is 5.10 Å². The second kappa shape index (κ2) is 8.38. The third-order valence-corrected chi connectivity index (χ3v) is 6.47. The number of amides is 1. The molecule has 34 heavy (non-hydrogen) atoms. The SMILES string of the molecule is CCC1c2nn(C)c(-c3cc(F)c(F)c(F)c3)c2CC(C)N1C(=O)c1ccc2c(c1)OCCO2. The fourth-order valence-corrected chi connectivity index (χ4v) is 5.00. The number of aromatic nitrogens is 2. The van der Waals surface area contributed by atoms with Crippen molar-refractivity contribution in [2.75, 3.05) is 13.2 Å². The molecule has 178 valence electrons. The number of carbonyl (C=O) groups excluding carboxylic acids is 1. The molecule has 0 saturated carbocycles. The lowest BCUT2D eigenvalue weighted by Crippen LogP contribution is -2.45. The molecular formula is C25H24F3N3O3. The molecule has 6 nitrogen and oxygen atoms in total. The lowest BCUT2D eigenvalue weighted by Gasteiger charge is -2.40. The maximum Gasteiger partial charge on any atom is 0.254 e. The summed E-state index contributed by atoms with van der Waals surface area (Å²) in [5.74, 6) is -3.02. The van der Waals surface area contributed by atoms with Crippen molar-refractivity contribution < 1.29 is 27.4 Å². The van der Waals surface area contributed by atoms with Crippen LogP contribution in [0.2, 0.25) is 0 Å². The van der Waals surface area contributed by atoms with Crippen LogP contribution < -0.4 is 9.47 Å². The quantitative estimate of drug-likeness (QED) is 0.515. The average molecular weight is 471 g/mol. The van der Waals surface area contributed by atoms with Gasteiger partial charge in [0.05, 0.1) is 17.4 Å². The molecular weight excluding hydrogens is 447 g/mol. The van der Waals surface area contributed by atoms with Crippen LogP contribution in [-0.4, -0.2) is 39.8 Å². The summed E-state index contributed by atoms with van der Waals surface area (Å²) < 4.78 is 54.2. The maximum absolute atomic E-state index is 14.0. The van der Waals surface area contributed by atoms with Crippen molar-refractivity contribution in [3.05, 3.63) is 64.6 Å². The third-order valence-electron chi connectivity index (χ3n) is 6.47. The summed E-state index contributed by atoms with van der Waals surface area (Å²) in [6, 6.07) is 6.56. The monoisotopic (exact) mass is 471 g/mol. The number of hydrogen-bond donors (Lipinski definition) is 0. The molecule has 3 aromatic rings. The van der Waals surface area contributed by atoms with Gasteiger partial charge in [-0.25, -0.2) is 13.2 Å². The zero-order valence-corrected chi connectivity index (χ0v) is 19.1. The van der Waals surface area contributed by atoms with Crippen molar-refractivity contribution in [2.24, 2.45) is 7.05 Å². The molecule has 2 aliphatic rings. The van der Waals surface area contributed by atoms with Gasteiger partial charge in [-0.3, -0.25) is 9.48 Å². The van der Waals surface area contributed by atoms with E-state index in [0.29, 0.717) is 54.5 Å². The summed E-state index contributed by atoms with van der Waals surface area (Å²) in [5, 5.41) is 4.63. The van der Waals surface area contributed by atoms with Gasteiger partial charge < -0.3 is 14.4 Å². The first-order chi connectivity index (χ1) is 16.3. The number of aryl methyl sites for hydroxylation is 1. The first kappa shape index (κ1) is 22.3. The van der Waals surface area contributed by atoms with Crippen LogP contribution in [0.5, 0.6) is 11.5 Å². The van der Waals surface area contributed by atoms with E-state index in [9.17, 15) is 18.0 Å². The zero-order valence-electron chi connectivity index (χ0n) is 19.1. The fourth-order valence-electron chi connectivity index (χ4n) is 5.00. The first-order valence-electron chi connectivity index (χ1n) is 11.2. The molecule has 1 amide bonds. The maximum atomic E-state index is 14.0. The highest BCUT2D eigenvalue weighted by Crippen LogP contribution is 2.41. The van der Waals surface area contributed by atoms with Crippen LogP contribution in [0, 0.1) is 17.5 Å². The average Bonchev–Trinajstić information content (AvgIpc) is 3.15. The van der Waals surface area contributed by atoms with E-state index in [4.69, 9.17) is 9.47 Å². The Labute approximate surface area is 194 Å². The Morgan fingerprint density at radius 2 is 1.76 bits per heavy atom. The van der Waals surface area contributed by atoms with Gasteiger partial charge in [0.1, 0.15) is 13.2 Å². The Morgan fingerprint density at radius 1 is 1.09 bits per heavy atom. The Morgan fingerprint density at radius 3 is 2.44 bits per heavy atom. The molecule has 5 rings (SSSR count). The molecule has 0 fully saturated rings. The fraction of sp³-hybridized carbons (Fsp3) is 0.360. The van der Waals surface area contributed by atoms with Gasteiger partial charge in [-0.15, -0.1) is 0 Å². The van der Waals surface area contributed by atoms with Gasteiger partial charge in [-0.05, 0) is 50.1 Å². The van der Waals surface area contributed by atoms with Gasteiger partial charge >= 0.3 is 0 Å². The Kier molecular flexibility index (Phi) is 5.50. The van der Waals surface area contributed by atoms with Crippen LogP contribution >= 0.6 is 0 Å². The van der Waals surface area contributed by atoms with Gasteiger partial charge in [0, 0.05) is 29.8 Å². The molecule has 0 N–H and O–H groups in total. The van der Waals surface area contributed by atoms with E-state index in [1.807, 2.05) is 13.8 Å². The van der Waals surface area contributed by atoms with Crippen LogP contribution in [0.1, 0.15) is 47.9 Å². The normalized spacial score (nSPS) is 19.2. The highest BCUT2D eigenvalue weighted by atomic mass is 19.2. The minimum atomic E-state index is -1.50.